The van der Waals surface area contributed by atoms with Gasteiger partial charge in [-0.05, 0) is 25.8 Å². The number of nitrogens with one attached hydrogen (secondary N) is 3. The van der Waals surface area contributed by atoms with E-state index in [2.05, 4.69) is 16.0 Å². The number of carbonyl (C=O) groups excluding carboxylic acids is 1. The zero-order valence-electron chi connectivity index (χ0n) is 10.6. The summed E-state index contributed by atoms with van der Waals surface area (Å²) >= 11 is 0. The second kappa shape index (κ2) is 7.88. The Balaban J connectivity index is 2.04. The molecule has 1 unspecified atom stereocenters. The van der Waals surface area contributed by atoms with E-state index in [9.17, 15) is 9.59 Å². The number of hydrogen-bond donors (Lipinski definition) is 4. The van der Waals surface area contributed by atoms with Gasteiger partial charge < -0.3 is 25.8 Å². The number of ether oxygens (including phenoxy) is 1. The van der Waals surface area contributed by atoms with Crippen LogP contribution in [0.4, 0.5) is 4.79 Å². The Morgan fingerprint density at radius 3 is 2.67 bits per heavy atom. The summed E-state index contributed by atoms with van der Waals surface area (Å²) in [6.45, 7) is 1.34. The normalized spacial score (nSPS) is 16.1. The zero-order chi connectivity index (χ0) is 13.4. The van der Waals surface area contributed by atoms with Crippen molar-refractivity contribution in [1.82, 2.24) is 16.0 Å². The van der Waals surface area contributed by atoms with Gasteiger partial charge in [-0.15, -0.1) is 0 Å². The van der Waals surface area contributed by atoms with Crippen molar-refractivity contribution in [3.8, 4) is 0 Å². The minimum atomic E-state index is -1.11. The van der Waals surface area contributed by atoms with Crippen molar-refractivity contribution in [3.63, 3.8) is 0 Å². The highest BCUT2D eigenvalue weighted by atomic mass is 16.5. The molecule has 4 N–H and O–H groups in total. The van der Waals surface area contributed by atoms with E-state index in [1.54, 1.807) is 0 Å². The number of urea groups is 1. The van der Waals surface area contributed by atoms with E-state index in [0.717, 1.165) is 13.0 Å². The molecule has 0 spiro atoms. The first kappa shape index (κ1) is 14.7. The lowest BCUT2D eigenvalue weighted by Gasteiger charge is -2.14. The van der Waals surface area contributed by atoms with Crippen molar-refractivity contribution in [3.05, 3.63) is 0 Å². The summed E-state index contributed by atoms with van der Waals surface area (Å²) in [5.41, 5.74) is 0. The summed E-state index contributed by atoms with van der Waals surface area (Å²) in [7, 11) is 1.39. The number of amides is 2. The summed E-state index contributed by atoms with van der Waals surface area (Å²) in [6.07, 6.45) is 3.31. The molecule has 1 fully saturated rings. The molecule has 0 aromatic carbocycles. The largest absolute Gasteiger partial charge is 0.480 e. The summed E-state index contributed by atoms with van der Waals surface area (Å²) in [4.78, 5) is 22.1. The molecular formula is C11H21N3O4. The Bertz CT molecular complexity index is 281. The molecule has 7 heteroatoms. The molecule has 0 aromatic rings. The van der Waals surface area contributed by atoms with Gasteiger partial charge in [-0.25, -0.2) is 9.59 Å². The highest BCUT2D eigenvalue weighted by molar-refractivity contribution is 5.82. The van der Waals surface area contributed by atoms with Gasteiger partial charge in [0, 0.05) is 19.7 Å². The van der Waals surface area contributed by atoms with E-state index in [-0.39, 0.29) is 6.61 Å². The fourth-order valence-corrected chi connectivity index (χ4v) is 1.43. The quantitative estimate of drug-likeness (QED) is 0.419. The first-order valence-electron chi connectivity index (χ1n) is 6.13. The molecule has 0 bridgehead atoms. The van der Waals surface area contributed by atoms with Crippen LogP contribution in [-0.2, 0) is 9.53 Å². The second-order valence-corrected chi connectivity index (χ2v) is 4.33. The molecular weight excluding hydrogens is 238 g/mol. The number of carbonyl (C=O) groups is 2. The van der Waals surface area contributed by atoms with Crippen LogP contribution in [0.2, 0.25) is 0 Å². The van der Waals surface area contributed by atoms with Crippen LogP contribution in [0.5, 0.6) is 0 Å². The van der Waals surface area contributed by atoms with Gasteiger partial charge in [0.2, 0.25) is 0 Å². The van der Waals surface area contributed by atoms with Crippen LogP contribution in [0.25, 0.3) is 0 Å². The molecule has 0 heterocycles. The smallest absolute Gasteiger partial charge is 0.328 e. The van der Waals surface area contributed by atoms with Crippen LogP contribution in [0.1, 0.15) is 19.3 Å². The van der Waals surface area contributed by atoms with Crippen LogP contribution in [0, 0.1) is 0 Å². The number of rotatable bonds is 9. The van der Waals surface area contributed by atoms with E-state index in [1.807, 2.05) is 0 Å². The van der Waals surface area contributed by atoms with Crippen molar-refractivity contribution in [2.24, 2.45) is 0 Å². The maximum atomic E-state index is 11.4. The number of methoxy groups -OCH3 is 1. The lowest BCUT2D eigenvalue weighted by atomic mass is 10.3. The Labute approximate surface area is 106 Å². The van der Waals surface area contributed by atoms with Crippen molar-refractivity contribution >= 4 is 12.0 Å². The van der Waals surface area contributed by atoms with Crippen LogP contribution >= 0.6 is 0 Å². The molecule has 104 valence electrons. The minimum absolute atomic E-state index is 0.0496. The second-order valence-electron chi connectivity index (χ2n) is 4.33. The van der Waals surface area contributed by atoms with Crippen molar-refractivity contribution in [2.45, 2.75) is 31.3 Å². The van der Waals surface area contributed by atoms with Crippen LogP contribution in [0.3, 0.4) is 0 Å². The fraction of sp³-hybridized carbons (Fsp3) is 0.818. The van der Waals surface area contributed by atoms with Crippen molar-refractivity contribution in [1.29, 1.82) is 0 Å². The van der Waals surface area contributed by atoms with Crippen molar-refractivity contribution < 1.29 is 19.4 Å². The van der Waals surface area contributed by atoms with Gasteiger partial charge in [-0.2, -0.15) is 0 Å². The first-order chi connectivity index (χ1) is 8.63. The van der Waals surface area contributed by atoms with Crippen LogP contribution in [0.15, 0.2) is 0 Å². The lowest BCUT2D eigenvalue weighted by molar-refractivity contribution is -0.140. The Morgan fingerprint density at radius 2 is 2.11 bits per heavy atom. The predicted octanol–water partition coefficient (Wildman–Crippen LogP) is -0.473. The molecule has 0 aliphatic heterocycles. The highest BCUT2D eigenvalue weighted by Gasteiger charge is 2.20. The molecule has 0 saturated heterocycles. The zero-order valence-corrected chi connectivity index (χ0v) is 10.6. The van der Waals surface area contributed by atoms with E-state index < -0.39 is 18.0 Å². The van der Waals surface area contributed by atoms with E-state index >= 15 is 0 Å². The third-order valence-corrected chi connectivity index (χ3v) is 2.59. The Hall–Kier alpha value is -1.34. The molecule has 7 nitrogen and oxygen atoms in total. The Morgan fingerprint density at radius 1 is 1.39 bits per heavy atom. The predicted molar refractivity (Wildman–Crippen MR) is 65.5 cm³/mol. The number of hydrogen-bond acceptors (Lipinski definition) is 4. The molecule has 1 saturated carbocycles. The average molecular weight is 259 g/mol. The topological polar surface area (TPSA) is 99.7 Å². The average Bonchev–Trinajstić information content (AvgIpc) is 3.12. The SMILES string of the molecule is COCC(NC(=O)NCCCNC1CC1)C(=O)O. The minimum Gasteiger partial charge on any atom is -0.480 e. The summed E-state index contributed by atoms with van der Waals surface area (Å²) < 4.78 is 4.71. The number of carboxylic acids is 1. The third kappa shape index (κ3) is 6.41. The van der Waals surface area contributed by atoms with E-state index in [1.165, 1.54) is 20.0 Å². The van der Waals surface area contributed by atoms with Gasteiger partial charge >= 0.3 is 12.0 Å². The van der Waals surface area contributed by atoms with Crippen LogP contribution in [-0.4, -0.2) is 56.0 Å². The number of carboxylic acid groups (broad SMARTS) is 1. The van der Waals surface area contributed by atoms with Gasteiger partial charge in [0.25, 0.3) is 0 Å². The monoisotopic (exact) mass is 259 g/mol. The molecule has 1 atom stereocenters. The third-order valence-electron chi connectivity index (χ3n) is 2.59. The molecule has 0 radical (unpaired) electrons. The van der Waals surface area contributed by atoms with Gasteiger partial charge in [0.05, 0.1) is 6.61 Å². The molecule has 2 amide bonds. The fourth-order valence-electron chi connectivity index (χ4n) is 1.43. The first-order valence-corrected chi connectivity index (χ1v) is 6.13. The Kier molecular flexibility index (Phi) is 6.45. The molecule has 0 aromatic heterocycles. The van der Waals surface area contributed by atoms with E-state index in [4.69, 9.17) is 9.84 Å². The van der Waals surface area contributed by atoms with Crippen molar-refractivity contribution in [2.75, 3.05) is 26.8 Å². The summed E-state index contributed by atoms with van der Waals surface area (Å²) in [5.74, 6) is -1.11. The molecule has 1 aliphatic carbocycles. The van der Waals surface area contributed by atoms with Gasteiger partial charge in [-0.3, -0.25) is 0 Å². The van der Waals surface area contributed by atoms with Gasteiger partial charge in [-0.1, -0.05) is 0 Å². The van der Waals surface area contributed by atoms with Gasteiger partial charge in [0.15, 0.2) is 6.04 Å². The standard InChI is InChI=1S/C11H21N3O4/c1-18-7-9(10(15)16)14-11(17)13-6-2-5-12-8-3-4-8/h8-9,12H,2-7H2,1H3,(H,15,16)(H2,13,14,17). The lowest BCUT2D eigenvalue weighted by Crippen LogP contribution is -2.48. The molecule has 1 rings (SSSR count). The maximum Gasteiger partial charge on any atom is 0.328 e. The van der Waals surface area contributed by atoms with E-state index in [0.29, 0.717) is 12.6 Å². The highest BCUT2D eigenvalue weighted by Crippen LogP contribution is 2.18. The summed E-state index contributed by atoms with van der Waals surface area (Å²) in [5, 5.41) is 17.1. The van der Waals surface area contributed by atoms with Crippen LogP contribution < -0.4 is 16.0 Å². The molecule has 1 aliphatic rings. The molecule has 18 heavy (non-hydrogen) atoms. The number of aliphatic carboxylic acids is 1. The van der Waals surface area contributed by atoms with Gasteiger partial charge in [0.1, 0.15) is 0 Å². The summed E-state index contributed by atoms with van der Waals surface area (Å²) in [6, 6.07) is -0.831. The maximum absolute atomic E-state index is 11.4.